The maximum atomic E-state index is 13.5. The molecule has 14 nitrogen and oxygen atoms in total. The van der Waals surface area contributed by atoms with Gasteiger partial charge < -0.3 is 31.7 Å². The van der Waals surface area contributed by atoms with Gasteiger partial charge in [0.25, 0.3) is 11.8 Å². The highest BCUT2D eigenvalue weighted by molar-refractivity contribution is 6.06. The van der Waals surface area contributed by atoms with Crippen molar-refractivity contribution >= 4 is 57.4 Å². The van der Waals surface area contributed by atoms with Crippen LogP contribution >= 0.6 is 0 Å². The van der Waals surface area contributed by atoms with Crippen molar-refractivity contribution in [1.29, 1.82) is 0 Å². The number of anilines is 2. The summed E-state index contributed by atoms with van der Waals surface area (Å²) in [6.45, 7) is 4.29. The van der Waals surface area contributed by atoms with E-state index in [0.717, 1.165) is 59.1 Å². The molecular weight excluding hydrogens is 759 g/mol. The van der Waals surface area contributed by atoms with Crippen LogP contribution in [0.3, 0.4) is 0 Å². The molecule has 4 heterocycles. The summed E-state index contributed by atoms with van der Waals surface area (Å²) in [5.74, 6) is -0.810. The summed E-state index contributed by atoms with van der Waals surface area (Å²) < 4.78 is 5.36. The number of esters is 1. The van der Waals surface area contributed by atoms with Gasteiger partial charge in [-0.25, -0.2) is 19.9 Å². The summed E-state index contributed by atoms with van der Waals surface area (Å²) in [5, 5.41) is 1.22. The molecule has 60 heavy (non-hydrogen) atoms. The summed E-state index contributed by atoms with van der Waals surface area (Å²) in [6, 6.07) is 27.1. The molecule has 0 bridgehead atoms. The number of carbonyl (C=O) groups excluding carboxylic acids is 4. The number of nitrogens with zero attached hydrogens (tertiary/aromatic N) is 6. The van der Waals surface area contributed by atoms with E-state index in [-0.39, 0.29) is 47.0 Å². The number of aromatic nitrogens is 4. The van der Waals surface area contributed by atoms with Crippen LogP contribution in [0.1, 0.15) is 99.8 Å². The quantitative estimate of drug-likeness (QED) is 0.168. The van der Waals surface area contributed by atoms with Gasteiger partial charge in [-0.2, -0.15) is 0 Å². The second kappa shape index (κ2) is 15.0. The summed E-state index contributed by atoms with van der Waals surface area (Å²) in [4.78, 5) is 72.4. The zero-order valence-electron chi connectivity index (χ0n) is 33.3. The topological polar surface area (TPSA) is 214 Å². The Hall–Kier alpha value is -6.96. The van der Waals surface area contributed by atoms with E-state index in [4.69, 9.17) is 21.9 Å². The molecule has 3 amide bonds. The number of benzene rings is 4. The van der Waals surface area contributed by atoms with Crippen LogP contribution in [-0.4, -0.2) is 60.0 Å². The number of nitrogens with two attached hydrogens (primary N) is 3. The van der Waals surface area contributed by atoms with Gasteiger partial charge in [0.05, 0.1) is 28.5 Å². The fourth-order valence-corrected chi connectivity index (χ4v) is 9.09. The highest BCUT2D eigenvalue weighted by Crippen LogP contribution is 2.46. The third-order valence-corrected chi connectivity index (χ3v) is 12.7. The first-order valence-electron chi connectivity index (χ1n) is 20.3. The van der Waals surface area contributed by atoms with E-state index in [9.17, 15) is 19.2 Å². The van der Waals surface area contributed by atoms with E-state index in [1.54, 1.807) is 15.9 Å². The van der Waals surface area contributed by atoms with Crippen molar-refractivity contribution in [3.8, 4) is 0 Å². The van der Waals surface area contributed by atoms with Crippen LogP contribution in [0.4, 0.5) is 11.9 Å². The molecule has 2 aliphatic heterocycles. The van der Waals surface area contributed by atoms with Gasteiger partial charge in [0, 0.05) is 37.0 Å². The largest absolute Gasteiger partial charge is 0.465 e. The van der Waals surface area contributed by atoms with Crippen LogP contribution in [0.15, 0.2) is 84.9 Å². The molecule has 10 rings (SSSR count). The van der Waals surface area contributed by atoms with E-state index >= 15 is 0 Å². The van der Waals surface area contributed by atoms with Gasteiger partial charge in [-0.1, -0.05) is 73.5 Å². The Morgan fingerprint density at radius 3 is 1.35 bits per heavy atom. The van der Waals surface area contributed by atoms with Gasteiger partial charge in [-0.3, -0.25) is 19.2 Å². The van der Waals surface area contributed by atoms with Gasteiger partial charge in [0.15, 0.2) is 0 Å². The second-order valence-electron chi connectivity index (χ2n) is 16.1. The minimum absolute atomic E-state index is 0.0542. The normalized spacial score (nSPS) is 16.8. The molecule has 2 saturated carbocycles. The Labute approximate surface area is 346 Å². The molecule has 0 saturated heterocycles. The monoisotopic (exact) mass is 803 g/mol. The number of fused-ring (bicyclic) bond motifs is 4. The molecule has 2 aromatic heterocycles. The third kappa shape index (κ3) is 6.52. The maximum absolute atomic E-state index is 13.5. The lowest BCUT2D eigenvalue weighted by Crippen LogP contribution is -2.46. The van der Waals surface area contributed by atoms with E-state index in [0.29, 0.717) is 67.4 Å². The predicted molar refractivity (Wildman–Crippen MR) is 225 cm³/mol. The molecule has 0 spiro atoms. The number of hydrogen-bond acceptors (Lipinski definition) is 11. The van der Waals surface area contributed by atoms with Crippen molar-refractivity contribution in [2.24, 2.45) is 5.73 Å². The fraction of sp³-hybridized carbons (Fsp3) is 0.304. The van der Waals surface area contributed by atoms with Crippen molar-refractivity contribution < 1.29 is 23.9 Å². The molecule has 2 aliphatic carbocycles. The van der Waals surface area contributed by atoms with Gasteiger partial charge in [-0.15, -0.1) is 0 Å². The first-order chi connectivity index (χ1) is 29.0. The van der Waals surface area contributed by atoms with Crippen molar-refractivity contribution in [3.63, 3.8) is 0 Å². The van der Waals surface area contributed by atoms with E-state index in [1.165, 1.54) is 0 Å². The van der Waals surface area contributed by atoms with Crippen LogP contribution in [0, 0.1) is 0 Å². The third-order valence-electron chi connectivity index (χ3n) is 12.7. The van der Waals surface area contributed by atoms with Gasteiger partial charge in [0.1, 0.15) is 11.4 Å². The SMILES string of the molecule is CCOC(=O)C1(c2ccc3nc(N)nc(C(=O)N4Cc5ccccc5C4)c3c2)CCC1.NC(=O)C1(c2ccc3nc(N)nc(C(=O)N4Cc5ccccc5C4)c3c2)CCC1. The number of hydrogen-bond donors (Lipinski definition) is 3. The average molecular weight is 804 g/mol. The highest BCUT2D eigenvalue weighted by Gasteiger charge is 2.47. The first-order valence-corrected chi connectivity index (χ1v) is 20.3. The van der Waals surface area contributed by atoms with Crippen LogP contribution in [0.25, 0.3) is 21.8 Å². The van der Waals surface area contributed by atoms with E-state index in [2.05, 4.69) is 19.9 Å². The van der Waals surface area contributed by atoms with Gasteiger partial charge in [-0.05, 0) is 90.3 Å². The summed E-state index contributed by atoms with van der Waals surface area (Å²) in [5.41, 5.74) is 24.1. The van der Waals surface area contributed by atoms with Crippen molar-refractivity contribution in [2.45, 2.75) is 82.5 Å². The smallest absolute Gasteiger partial charge is 0.316 e. The number of primary amides is 1. The molecule has 2 fully saturated rings. The molecule has 6 N–H and O–H groups in total. The Morgan fingerprint density at radius 1 is 0.600 bits per heavy atom. The molecule has 6 aromatic rings. The molecule has 0 unspecified atom stereocenters. The molecule has 14 heteroatoms. The number of ether oxygens (including phenoxy) is 1. The number of amides is 3. The molecular formula is C46H45N9O5. The van der Waals surface area contributed by atoms with Gasteiger partial charge in [0.2, 0.25) is 17.8 Å². The van der Waals surface area contributed by atoms with Crippen LogP contribution in [-0.2, 0) is 51.3 Å². The summed E-state index contributed by atoms with van der Waals surface area (Å²) >= 11 is 0. The minimum Gasteiger partial charge on any atom is -0.465 e. The van der Waals surface area contributed by atoms with Crippen molar-refractivity contribution in [1.82, 2.24) is 29.7 Å². The Bertz CT molecular complexity index is 2700. The summed E-state index contributed by atoms with van der Waals surface area (Å²) in [7, 11) is 0. The van der Waals surface area contributed by atoms with Crippen LogP contribution in [0.2, 0.25) is 0 Å². The summed E-state index contributed by atoms with van der Waals surface area (Å²) in [6.07, 6.45) is 4.82. The second-order valence-corrected chi connectivity index (χ2v) is 16.1. The Morgan fingerprint density at radius 2 is 1.00 bits per heavy atom. The zero-order valence-corrected chi connectivity index (χ0v) is 33.3. The first kappa shape index (κ1) is 38.6. The average Bonchev–Trinajstić information content (AvgIpc) is 3.84. The number of rotatable bonds is 7. The number of nitrogen functional groups attached to an aromatic ring is 2. The lowest BCUT2D eigenvalue weighted by Gasteiger charge is -2.39. The predicted octanol–water partition coefficient (Wildman–Crippen LogP) is 5.63. The fourth-order valence-electron chi connectivity index (χ4n) is 9.09. The van der Waals surface area contributed by atoms with Crippen molar-refractivity contribution in [3.05, 3.63) is 130 Å². The standard InChI is InChI=1S/C24H24N4O3.C22H21N5O2/c1-2-31-22(30)24(10-5-11-24)17-8-9-19-18(12-17)20(27-23(25)26-19)21(29)28-13-15-6-3-4-7-16(15)14-28;23-20(29)22(8-3-9-22)15-6-7-17-16(10-15)18(26-21(24)25-17)19(28)27-11-13-4-1-2-5-14(13)12-27/h3-4,6-9,12H,2,5,10-11,13-14H2,1H3,(H2,25,26,27);1-2,4-7,10H,3,8-9,11-12H2,(H2,23,29)(H2,24,25,26). The highest BCUT2D eigenvalue weighted by atomic mass is 16.5. The molecule has 304 valence electrons. The minimum atomic E-state index is -0.667. The molecule has 4 aromatic carbocycles. The zero-order chi connectivity index (χ0) is 41.8. The van der Waals surface area contributed by atoms with E-state index in [1.807, 2.05) is 85.8 Å². The van der Waals surface area contributed by atoms with Crippen LogP contribution in [0.5, 0.6) is 0 Å². The van der Waals surface area contributed by atoms with Crippen molar-refractivity contribution in [2.75, 3.05) is 18.1 Å². The number of carbonyl (C=O) groups is 4. The van der Waals surface area contributed by atoms with Crippen LogP contribution < -0.4 is 17.2 Å². The lowest BCUT2D eigenvalue weighted by molar-refractivity contribution is -0.153. The molecule has 4 aliphatic rings. The molecule has 0 radical (unpaired) electrons. The molecule has 0 atom stereocenters. The lowest BCUT2D eigenvalue weighted by atomic mass is 9.64. The van der Waals surface area contributed by atoms with Gasteiger partial charge >= 0.3 is 5.97 Å². The van der Waals surface area contributed by atoms with E-state index < -0.39 is 10.8 Å². The Balaban J connectivity index is 0.000000154. The maximum Gasteiger partial charge on any atom is 0.316 e. The Kier molecular flexibility index (Phi) is 9.64.